The second-order valence-corrected chi connectivity index (χ2v) is 8.60. The minimum absolute atomic E-state index is 0.0332. The summed E-state index contributed by atoms with van der Waals surface area (Å²) in [5.41, 5.74) is 4.05. The van der Waals surface area contributed by atoms with E-state index in [-0.39, 0.29) is 11.7 Å². The molecule has 35 heavy (non-hydrogen) atoms. The Bertz CT molecular complexity index is 1020. The van der Waals surface area contributed by atoms with E-state index in [2.05, 4.69) is 9.67 Å². The van der Waals surface area contributed by atoms with Crippen LogP contribution in [0.2, 0.25) is 0 Å². The molecule has 1 amide bonds. The molecule has 0 spiro atoms. The van der Waals surface area contributed by atoms with Crippen molar-refractivity contribution in [2.24, 2.45) is 0 Å². The highest BCUT2D eigenvalue weighted by atomic mass is 19.3. The Morgan fingerprint density at radius 1 is 1.17 bits per heavy atom. The van der Waals surface area contributed by atoms with Gasteiger partial charge in [0.15, 0.2) is 5.82 Å². The maximum absolute atomic E-state index is 13.6. The third-order valence-electron chi connectivity index (χ3n) is 6.80. The van der Waals surface area contributed by atoms with Crippen molar-refractivity contribution in [1.29, 1.82) is 0 Å². The highest BCUT2D eigenvalue weighted by molar-refractivity contribution is 5.71. The zero-order valence-electron chi connectivity index (χ0n) is 21.4. The second-order valence-electron chi connectivity index (χ2n) is 8.60. The number of aliphatic hydroxyl groups excluding tert-OH is 1. The molecule has 2 aromatic heterocycles. The molecule has 194 valence electrons. The van der Waals surface area contributed by atoms with Crippen LogP contribution in [-0.4, -0.2) is 58.2 Å². The average molecular weight is 494 g/mol. The number of ether oxygens (including phenoxy) is 1. The summed E-state index contributed by atoms with van der Waals surface area (Å²) < 4.78 is 34.3. The minimum Gasteiger partial charge on any atom is -0.453 e. The van der Waals surface area contributed by atoms with Crippen molar-refractivity contribution in [2.75, 3.05) is 32.2 Å². The predicted octanol–water partition coefficient (Wildman–Crippen LogP) is 5.09. The topological polar surface area (TPSA) is 83.7 Å². The number of anilines is 2. The number of carbonyl (C=O) groups excluding carboxylic acids is 1. The molecule has 0 atom stereocenters. The zero-order chi connectivity index (χ0) is 25.7. The van der Waals surface area contributed by atoms with Crippen molar-refractivity contribution in [3.05, 3.63) is 34.3 Å². The number of aromatic nitrogens is 3. The van der Waals surface area contributed by atoms with Crippen LogP contribution in [0, 0.1) is 6.92 Å². The molecule has 1 N–H and O–H groups in total. The van der Waals surface area contributed by atoms with Crippen LogP contribution in [0.5, 0.6) is 0 Å². The Balaban J connectivity index is 0.000000815. The lowest BCUT2D eigenvalue weighted by Gasteiger charge is -2.32. The molecule has 2 aliphatic heterocycles. The Morgan fingerprint density at radius 2 is 1.89 bits per heavy atom. The van der Waals surface area contributed by atoms with Crippen LogP contribution in [0.15, 0.2) is 6.07 Å². The van der Waals surface area contributed by atoms with Crippen molar-refractivity contribution in [3.8, 4) is 0 Å². The highest BCUT2D eigenvalue weighted by Crippen LogP contribution is 2.42. The Labute approximate surface area is 205 Å². The number of amides is 1. The summed E-state index contributed by atoms with van der Waals surface area (Å²) in [4.78, 5) is 20.4. The number of methoxy groups -OCH3 is 1. The van der Waals surface area contributed by atoms with Gasteiger partial charge >= 0.3 is 6.09 Å². The lowest BCUT2D eigenvalue weighted by Crippen LogP contribution is -2.37. The molecule has 1 fully saturated rings. The fourth-order valence-corrected chi connectivity index (χ4v) is 4.91. The van der Waals surface area contributed by atoms with Crippen LogP contribution in [-0.2, 0) is 24.1 Å². The number of fused-ring (bicyclic) bond motifs is 2. The van der Waals surface area contributed by atoms with Gasteiger partial charge in [-0.05, 0) is 45.1 Å². The van der Waals surface area contributed by atoms with Crippen molar-refractivity contribution in [3.63, 3.8) is 0 Å². The first-order valence-electron chi connectivity index (χ1n) is 12.4. The third-order valence-corrected chi connectivity index (χ3v) is 6.80. The van der Waals surface area contributed by atoms with Crippen LogP contribution in [0.1, 0.15) is 80.2 Å². The highest BCUT2D eigenvalue weighted by Gasteiger charge is 2.35. The van der Waals surface area contributed by atoms with E-state index in [0.717, 1.165) is 55.6 Å². The van der Waals surface area contributed by atoms with Crippen LogP contribution < -0.4 is 4.90 Å². The number of aliphatic hydroxyl groups is 1. The maximum atomic E-state index is 13.6. The van der Waals surface area contributed by atoms with E-state index < -0.39 is 6.43 Å². The second kappa shape index (κ2) is 11.8. The van der Waals surface area contributed by atoms with Crippen LogP contribution >= 0.6 is 0 Å². The fraction of sp³-hybridized carbons (Fsp3) is 0.640. The van der Waals surface area contributed by atoms with E-state index in [1.54, 1.807) is 17.9 Å². The first kappa shape index (κ1) is 26.8. The Morgan fingerprint density at radius 3 is 2.49 bits per heavy atom. The van der Waals surface area contributed by atoms with Gasteiger partial charge in [-0.25, -0.2) is 13.6 Å². The summed E-state index contributed by atoms with van der Waals surface area (Å²) in [6, 6.07) is 1.96. The van der Waals surface area contributed by atoms with E-state index >= 15 is 0 Å². The number of carbonyl (C=O) groups is 1. The molecular weight excluding hydrogens is 456 g/mol. The van der Waals surface area contributed by atoms with Gasteiger partial charge in [0.2, 0.25) is 0 Å². The number of rotatable bonds is 3. The number of alkyl halides is 2. The summed E-state index contributed by atoms with van der Waals surface area (Å²) >= 11 is 0. The van der Waals surface area contributed by atoms with Crippen molar-refractivity contribution < 1.29 is 23.4 Å². The zero-order valence-corrected chi connectivity index (χ0v) is 21.4. The number of hydrogen-bond acceptors (Lipinski definition) is 6. The smallest absolute Gasteiger partial charge is 0.409 e. The average Bonchev–Trinajstić information content (AvgIpc) is 3.22. The molecule has 4 heterocycles. The molecular formula is C25H37F2N5O3. The molecule has 1 aliphatic carbocycles. The first-order valence-corrected chi connectivity index (χ1v) is 12.4. The molecule has 5 rings (SSSR count). The standard InChI is InChI=1S/C22H27F2N5O2.C2H6.CH4O/c1-13-15(20(23)24)11-19-17(25-13)7-4-9-28(19)21-16-12-27(22(30)31-2)10-8-18(16)29(26-21)14-5-3-6-14;2*1-2/h11,14,20H,3-10,12H2,1-2H3;1-2H3;2H,1H3. The van der Waals surface area contributed by atoms with Crippen LogP contribution in [0.3, 0.4) is 0 Å². The quantitative estimate of drug-likeness (QED) is 0.641. The monoisotopic (exact) mass is 493 g/mol. The van der Waals surface area contributed by atoms with E-state index in [1.165, 1.54) is 13.5 Å². The molecule has 0 radical (unpaired) electrons. The van der Waals surface area contributed by atoms with Crippen LogP contribution in [0.25, 0.3) is 0 Å². The molecule has 2 aromatic rings. The summed E-state index contributed by atoms with van der Waals surface area (Å²) in [6.45, 7) is 7.33. The van der Waals surface area contributed by atoms with Gasteiger partial charge in [-0.3, -0.25) is 9.67 Å². The molecule has 0 saturated heterocycles. The van der Waals surface area contributed by atoms with Gasteiger partial charge in [-0.1, -0.05) is 13.8 Å². The molecule has 10 heteroatoms. The van der Waals surface area contributed by atoms with Gasteiger partial charge < -0.3 is 19.6 Å². The van der Waals surface area contributed by atoms with Crippen molar-refractivity contribution in [2.45, 2.75) is 78.3 Å². The molecule has 0 aromatic carbocycles. The van der Waals surface area contributed by atoms with Gasteiger partial charge in [-0.2, -0.15) is 5.10 Å². The minimum atomic E-state index is -2.57. The summed E-state index contributed by atoms with van der Waals surface area (Å²) in [6.07, 6.45) is 2.80. The number of aryl methyl sites for hydroxylation is 2. The maximum Gasteiger partial charge on any atom is 0.409 e. The van der Waals surface area contributed by atoms with E-state index in [4.69, 9.17) is 14.9 Å². The van der Waals surface area contributed by atoms with E-state index in [0.29, 0.717) is 43.5 Å². The van der Waals surface area contributed by atoms with Crippen LogP contribution in [0.4, 0.5) is 25.1 Å². The largest absolute Gasteiger partial charge is 0.453 e. The number of nitrogens with zero attached hydrogens (tertiary/aromatic N) is 5. The van der Waals surface area contributed by atoms with Crippen molar-refractivity contribution in [1.82, 2.24) is 19.7 Å². The van der Waals surface area contributed by atoms with E-state index in [1.807, 2.05) is 18.7 Å². The normalized spacial score (nSPS) is 16.8. The molecule has 3 aliphatic rings. The van der Waals surface area contributed by atoms with Gasteiger partial charge in [-0.15, -0.1) is 0 Å². The SMILES string of the molecule is CC.CO.COC(=O)N1CCc2c(c(N3CCCc4nc(C)c(C(F)F)cc43)nn2C2CCC2)C1. The predicted molar refractivity (Wildman–Crippen MR) is 130 cm³/mol. The van der Waals surface area contributed by atoms with Crippen molar-refractivity contribution >= 4 is 17.6 Å². The van der Waals surface area contributed by atoms with Gasteiger partial charge in [0.1, 0.15) is 0 Å². The number of hydrogen-bond donors (Lipinski definition) is 1. The Kier molecular flexibility index (Phi) is 9.04. The first-order chi connectivity index (χ1) is 17.0. The number of halogens is 2. The third kappa shape index (κ3) is 5.12. The van der Waals surface area contributed by atoms with E-state index in [9.17, 15) is 13.6 Å². The lowest BCUT2D eigenvalue weighted by molar-refractivity contribution is 0.118. The van der Waals surface area contributed by atoms with Gasteiger partial charge in [0, 0.05) is 49.1 Å². The molecule has 0 unspecified atom stereocenters. The molecule has 0 bridgehead atoms. The summed E-state index contributed by atoms with van der Waals surface area (Å²) in [7, 11) is 2.39. The molecule has 8 nitrogen and oxygen atoms in total. The lowest BCUT2D eigenvalue weighted by atomic mass is 9.92. The summed E-state index contributed by atoms with van der Waals surface area (Å²) in [5.74, 6) is 0.766. The fourth-order valence-electron chi connectivity index (χ4n) is 4.91. The Hall–Kier alpha value is -2.75. The molecule has 1 saturated carbocycles. The van der Waals surface area contributed by atoms with Gasteiger partial charge in [0.05, 0.1) is 31.1 Å². The number of pyridine rings is 1. The van der Waals surface area contributed by atoms with Gasteiger partial charge in [0.25, 0.3) is 6.43 Å². The summed E-state index contributed by atoms with van der Waals surface area (Å²) in [5, 5.41) is 12.0.